The minimum Gasteiger partial charge on any atom is -0.371 e. The molecule has 2 aliphatic carbocycles. The van der Waals surface area contributed by atoms with E-state index >= 15 is 0 Å². The van der Waals surface area contributed by atoms with Gasteiger partial charge in [-0.1, -0.05) is 47.0 Å². The van der Waals surface area contributed by atoms with E-state index in [-0.39, 0.29) is 0 Å². The highest BCUT2D eigenvalue weighted by Crippen LogP contribution is 2.57. The normalized spacial score (nSPS) is 43.9. The van der Waals surface area contributed by atoms with Crippen LogP contribution in [0, 0.1) is 23.2 Å². The Morgan fingerprint density at radius 1 is 1.16 bits per heavy atom. The van der Waals surface area contributed by atoms with Crippen LogP contribution in [0.5, 0.6) is 0 Å². The molecule has 0 N–H and O–H groups in total. The Morgan fingerprint density at radius 2 is 1.95 bits per heavy atom. The summed E-state index contributed by atoms with van der Waals surface area (Å²) in [6, 6.07) is 0. The van der Waals surface area contributed by atoms with Crippen LogP contribution in [0.2, 0.25) is 0 Å². The summed E-state index contributed by atoms with van der Waals surface area (Å²) in [7, 11) is 0. The van der Waals surface area contributed by atoms with Crippen molar-refractivity contribution in [3.63, 3.8) is 0 Å². The van der Waals surface area contributed by atoms with Crippen molar-refractivity contribution in [3.05, 3.63) is 0 Å². The Kier molecular flexibility index (Phi) is 3.48. The second-order valence-electron chi connectivity index (χ2n) is 8.51. The van der Waals surface area contributed by atoms with Gasteiger partial charge in [0.1, 0.15) is 0 Å². The fourth-order valence-electron chi connectivity index (χ4n) is 5.52. The van der Waals surface area contributed by atoms with Gasteiger partial charge in [-0.25, -0.2) is 0 Å². The largest absolute Gasteiger partial charge is 0.371 e. The summed E-state index contributed by atoms with van der Waals surface area (Å²) in [6.07, 6.45) is 11.7. The molecule has 2 bridgehead atoms. The molecule has 5 unspecified atom stereocenters. The summed E-state index contributed by atoms with van der Waals surface area (Å²) < 4.78 is 6.86. The van der Waals surface area contributed by atoms with Crippen molar-refractivity contribution in [2.75, 3.05) is 0 Å². The molecule has 1 spiro atoms. The summed E-state index contributed by atoms with van der Waals surface area (Å²) in [6.45, 7) is 9.58. The van der Waals surface area contributed by atoms with Gasteiger partial charge in [0.05, 0.1) is 11.7 Å². The lowest BCUT2D eigenvalue weighted by molar-refractivity contribution is -0.124. The first-order valence-corrected chi connectivity index (χ1v) is 8.64. The molecule has 19 heavy (non-hydrogen) atoms. The van der Waals surface area contributed by atoms with Gasteiger partial charge in [0.25, 0.3) is 0 Å². The third kappa shape index (κ3) is 2.26. The maximum Gasteiger partial charge on any atom is 0.0718 e. The molecule has 3 aliphatic rings. The SMILES string of the molecule is CCC(C1OC23CCCCC2CCC1C3)C(C)(C)C. The Hall–Kier alpha value is -0.0400. The zero-order valence-electron chi connectivity index (χ0n) is 13.4. The third-order valence-electron chi connectivity index (χ3n) is 6.42. The van der Waals surface area contributed by atoms with Crippen LogP contribution in [0.15, 0.2) is 0 Å². The second kappa shape index (κ2) is 4.76. The Morgan fingerprint density at radius 3 is 2.63 bits per heavy atom. The van der Waals surface area contributed by atoms with Crippen molar-refractivity contribution in [2.45, 2.75) is 90.8 Å². The summed E-state index contributed by atoms with van der Waals surface area (Å²) in [5, 5.41) is 0. The number of rotatable bonds is 2. The maximum absolute atomic E-state index is 6.86. The van der Waals surface area contributed by atoms with Crippen LogP contribution in [0.25, 0.3) is 0 Å². The number of hydrogen-bond donors (Lipinski definition) is 0. The summed E-state index contributed by atoms with van der Waals surface area (Å²) in [4.78, 5) is 0. The number of ether oxygens (including phenoxy) is 1. The van der Waals surface area contributed by atoms with Gasteiger partial charge in [0.2, 0.25) is 0 Å². The molecule has 0 radical (unpaired) electrons. The fraction of sp³-hybridized carbons (Fsp3) is 1.00. The lowest BCUT2D eigenvalue weighted by Crippen LogP contribution is -2.42. The molecule has 1 heterocycles. The highest BCUT2D eigenvalue weighted by atomic mass is 16.5. The summed E-state index contributed by atoms with van der Waals surface area (Å²) in [5.41, 5.74) is 0.697. The minimum atomic E-state index is 0.310. The molecule has 0 amide bonds. The van der Waals surface area contributed by atoms with E-state index in [0.29, 0.717) is 17.1 Å². The first kappa shape index (κ1) is 13.9. The van der Waals surface area contributed by atoms with Crippen molar-refractivity contribution >= 4 is 0 Å². The Labute approximate surface area is 119 Å². The summed E-state index contributed by atoms with van der Waals surface area (Å²) in [5.74, 6) is 2.48. The van der Waals surface area contributed by atoms with Crippen LogP contribution in [-0.4, -0.2) is 11.7 Å². The standard InChI is InChI=1S/C18H32O/c1-5-15(17(2,3)4)16-13-9-10-14-8-6-7-11-18(14,12-13)19-16/h13-16H,5-12H2,1-4H3. The van der Waals surface area contributed by atoms with Gasteiger partial charge in [-0.2, -0.15) is 0 Å². The molecule has 3 rings (SSSR count). The third-order valence-corrected chi connectivity index (χ3v) is 6.42. The first-order chi connectivity index (χ1) is 8.96. The van der Waals surface area contributed by atoms with E-state index in [1.807, 2.05) is 0 Å². The molecule has 2 saturated carbocycles. The smallest absolute Gasteiger partial charge is 0.0718 e. The molecule has 110 valence electrons. The lowest BCUT2D eigenvalue weighted by atomic mass is 9.64. The monoisotopic (exact) mass is 264 g/mol. The van der Waals surface area contributed by atoms with Gasteiger partial charge >= 0.3 is 0 Å². The zero-order valence-corrected chi connectivity index (χ0v) is 13.4. The van der Waals surface area contributed by atoms with Gasteiger partial charge in [-0.15, -0.1) is 0 Å². The molecule has 0 aromatic rings. The van der Waals surface area contributed by atoms with E-state index in [1.165, 1.54) is 51.4 Å². The highest BCUT2D eigenvalue weighted by molar-refractivity contribution is 5.06. The first-order valence-electron chi connectivity index (χ1n) is 8.64. The van der Waals surface area contributed by atoms with Gasteiger partial charge in [0.15, 0.2) is 0 Å². The lowest BCUT2D eigenvalue weighted by Gasteiger charge is -2.43. The van der Waals surface area contributed by atoms with Gasteiger partial charge in [-0.3, -0.25) is 0 Å². The molecule has 0 aromatic heterocycles. The van der Waals surface area contributed by atoms with Crippen LogP contribution >= 0.6 is 0 Å². The van der Waals surface area contributed by atoms with Crippen molar-refractivity contribution in [3.8, 4) is 0 Å². The molecule has 3 fully saturated rings. The predicted octanol–water partition coefficient (Wildman–Crippen LogP) is 5.19. The van der Waals surface area contributed by atoms with Gasteiger partial charge in [0, 0.05) is 0 Å². The molecule has 1 saturated heterocycles. The molecular formula is C18H32O. The average Bonchev–Trinajstić information content (AvgIpc) is 2.61. The molecule has 1 nitrogen and oxygen atoms in total. The van der Waals surface area contributed by atoms with Crippen LogP contribution in [0.3, 0.4) is 0 Å². The highest BCUT2D eigenvalue weighted by Gasteiger charge is 2.56. The van der Waals surface area contributed by atoms with E-state index in [2.05, 4.69) is 27.7 Å². The quantitative estimate of drug-likeness (QED) is 0.667. The zero-order chi connectivity index (χ0) is 13.7. The molecule has 5 atom stereocenters. The minimum absolute atomic E-state index is 0.310. The van der Waals surface area contributed by atoms with Gasteiger partial charge < -0.3 is 4.74 Å². The second-order valence-corrected chi connectivity index (χ2v) is 8.51. The van der Waals surface area contributed by atoms with Crippen molar-refractivity contribution in [1.82, 2.24) is 0 Å². The van der Waals surface area contributed by atoms with Crippen LogP contribution in [0.1, 0.15) is 79.1 Å². The van der Waals surface area contributed by atoms with E-state index in [0.717, 1.165) is 17.8 Å². The average molecular weight is 264 g/mol. The summed E-state index contributed by atoms with van der Waals surface area (Å²) >= 11 is 0. The van der Waals surface area contributed by atoms with Crippen LogP contribution in [0.4, 0.5) is 0 Å². The molecular weight excluding hydrogens is 232 g/mol. The molecule has 1 heteroatoms. The van der Waals surface area contributed by atoms with E-state index in [1.54, 1.807) is 0 Å². The Bertz CT molecular complexity index is 329. The number of hydrogen-bond acceptors (Lipinski definition) is 1. The maximum atomic E-state index is 6.86. The topological polar surface area (TPSA) is 9.23 Å². The van der Waals surface area contributed by atoms with Crippen LogP contribution < -0.4 is 0 Å². The predicted molar refractivity (Wildman–Crippen MR) is 80.1 cm³/mol. The van der Waals surface area contributed by atoms with Crippen molar-refractivity contribution < 1.29 is 4.74 Å². The van der Waals surface area contributed by atoms with Gasteiger partial charge in [-0.05, 0) is 55.3 Å². The number of fused-ring (bicyclic) bond motifs is 1. The van der Waals surface area contributed by atoms with E-state index in [9.17, 15) is 0 Å². The molecule has 0 aromatic carbocycles. The van der Waals surface area contributed by atoms with Crippen molar-refractivity contribution in [1.29, 1.82) is 0 Å². The van der Waals surface area contributed by atoms with Crippen molar-refractivity contribution in [2.24, 2.45) is 23.2 Å². The van der Waals surface area contributed by atoms with E-state index in [4.69, 9.17) is 4.74 Å². The van der Waals surface area contributed by atoms with E-state index < -0.39 is 0 Å². The fourth-order valence-corrected chi connectivity index (χ4v) is 5.52. The Balaban J connectivity index is 1.83. The molecule has 1 aliphatic heterocycles. The van der Waals surface area contributed by atoms with Crippen LogP contribution in [-0.2, 0) is 4.74 Å².